The molecule has 0 aromatic rings. The summed E-state index contributed by atoms with van der Waals surface area (Å²) in [5.74, 6) is 0. The van der Waals surface area contributed by atoms with Gasteiger partial charge in [0.15, 0.2) is 11.2 Å². The predicted octanol–water partition coefficient (Wildman–Crippen LogP) is 1.91. The topological polar surface area (TPSA) is 18.5 Å². The number of halogens is 1. The SMILES string of the molecule is CO[P+](C)(Cl)OC. The molecule has 0 unspecified atom stereocenters. The van der Waals surface area contributed by atoms with Crippen LogP contribution in [0.2, 0.25) is 0 Å². The number of hydrogen-bond donors (Lipinski definition) is 0. The molecule has 0 aromatic carbocycles. The molecule has 0 rings (SSSR count). The van der Waals surface area contributed by atoms with Crippen molar-refractivity contribution in [3.8, 4) is 0 Å². The van der Waals surface area contributed by atoms with Crippen molar-refractivity contribution in [3.63, 3.8) is 0 Å². The van der Waals surface area contributed by atoms with Crippen LogP contribution < -0.4 is 0 Å². The maximum Gasteiger partial charge on any atom is 0.368 e. The molecule has 2 nitrogen and oxygen atoms in total. The molecule has 0 saturated carbocycles. The molecule has 0 heterocycles. The zero-order valence-electron chi connectivity index (χ0n) is 4.64. The van der Waals surface area contributed by atoms with Gasteiger partial charge in [0, 0.05) is 0 Å². The zero-order chi connectivity index (χ0) is 5.91. The lowest BCUT2D eigenvalue weighted by Crippen LogP contribution is -1.85. The molecule has 0 bridgehead atoms. The Kier molecular flexibility index (Phi) is 3.09. The van der Waals surface area contributed by atoms with E-state index in [-0.39, 0.29) is 0 Å². The third-order valence-corrected chi connectivity index (χ3v) is 2.78. The summed E-state index contributed by atoms with van der Waals surface area (Å²) >= 11 is 5.57. The smallest absolute Gasteiger partial charge is 0.192 e. The molecule has 0 amide bonds. The van der Waals surface area contributed by atoms with Crippen LogP contribution in [0.25, 0.3) is 0 Å². The van der Waals surface area contributed by atoms with Crippen molar-refractivity contribution in [2.45, 2.75) is 0 Å². The Hall–Kier alpha value is 0.640. The van der Waals surface area contributed by atoms with E-state index in [1.165, 1.54) is 14.2 Å². The molecule has 0 radical (unpaired) electrons. The van der Waals surface area contributed by atoms with Gasteiger partial charge in [0.1, 0.15) is 6.66 Å². The first-order chi connectivity index (χ1) is 3.12. The first-order valence-corrected chi connectivity index (χ1v) is 4.77. The average Bonchev–Trinajstić information content (AvgIpc) is 1.68. The Morgan fingerprint density at radius 1 is 1.29 bits per heavy atom. The second kappa shape index (κ2) is 2.83. The highest BCUT2D eigenvalue weighted by Crippen LogP contribution is 2.61. The maximum atomic E-state index is 5.57. The largest absolute Gasteiger partial charge is 0.368 e. The second-order valence-electron chi connectivity index (χ2n) is 1.11. The van der Waals surface area contributed by atoms with Gasteiger partial charge in [0.05, 0.1) is 14.2 Å². The number of hydrogen-bond acceptors (Lipinski definition) is 2. The van der Waals surface area contributed by atoms with E-state index in [0.29, 0.717) is 0 Å². The Labute approximate surface area is 49.0 Å². The fourth-order valence-electron chi connectivity index (χ4n) is 0.0745. The molecule has 0 atom stereocenters. The van der Waals surface area contributed by atoms with Gasteiger partial charge >= 0.3 is 7.07 Å². The van der Waals surface area contributed by atoms with Crippen molar-refractivity contribution in [1.29, 1.82) is 0 Å². The van der Waals surface area contributed by atoms with Crippen LogP contribution in [-0.4, -0.2) is 20.9 Å². The van der Waals surface area contributed by atoms with Crippen molar-refractivity contribution in [2.24, 2.45) is 0 Å². The Morgan fingerprint density at radius 3 is 1.57 bits per heavy atom. The van der Waals surface area contributed by atoms with E-state index in [1.807, 2.05) is 0 Å². The van der Waals surface area contributed by atoms with Crippen LogP contribution in [-0.2, 0) is 9.05 Å². The summed E-state index contributed by atoms with van der Waals surface area (Å²) in [6.07, 6.45) is 0. The molecule has 4 heteroatoms. The van der Waals surface area contributed by atoms with Gasteiger partial charge in [0.2, 0.25) is 0 Å². The van der Waals surface area contributed by atoms with E-state index in [9.17, 15) is 0 Å². The van der Waals surface area contributed by atoms with Crippen LogP contribution in [0.4, 0.5) is 0 Å². The quantitative estimate of drug-likeness (QED) is 0.550. The highest BCUT2D eigenvalue weighted by atomic mass is 35.7. The molecule has 0 aliphatic carbocycles. The van der Waals surface area contributed by atoms with Crippen molar-refractivity contribution in [1.82, 2.24) is 0 Å². The monoisotopic (exact) mass is 143 g/mol. The first-order valence-electron chi connectivity index (χ1n) is 1.80. The van der Waals surface area contributed by atoms with Gasteiger partial charge in [-0.2, -0.15) is 9.05 Å². The summed E-state index contributed by atoms with van der Waals surface area (Å²) in [7, 11) is 1.13. The van der Waals surface area contributed by atoms with E-state index in [0.717, 1.165) is 0 Å². The Balaban J connectivity index is 3.36. The summed E-state index contributed by atoms with van der Waals surface area (Å²) < 4.78 is 9.48. The van der Waals surface area contributed by atoms with Crippen molar-refractivity contribution >= 4 is 18.3 Å². The molecule has 0 fully saturated rings. The highest BCUT2D eigenvalue weighted by Gasteiger charge is 2.29. The molecule has 44 valence electrons. The van der Waals surface area contributed by atoms with Gasteiger partial charge in [-0.05, 0) is 0 Å². The highest BCUT2D eigenvalue weighted by molar-refractivity contribution is 7.90. The normalized spacial score (nSPS) is 12.0. The lowest BCUT2D eigenvalue weighted by Gasteiger charge is -2.03. The summed E-state index contributed by atoms with van der Waals surface area (Å²) in [6, 6.07) is 0. The van der Waals surface area contributed by atoms with E-state index in [4.69, 9.17) is 20.3 Å². The predicted molar refractivity (Wildman–Crippen MR) is 32.7 cm³/mol. The van der Waals surface area contributed by atoms with Crippen LogP contribution in [0, 0.1) is 0 Å². The van der Waals surface area contributed by atoms with Crippen LogP contribution in [0.3, 0.4) is 0 Å². The standard InChI is InChI=1S/C3H9ClO2P/c1-5-7(3,4)6-2/h1-3H3/q+1. The third-order valence-electron chi connectivity index (χ3n) is 0.652. The Bertz CT molecular complexity index is 50.9. The number of rotatable bonds is 2. The average molecular weight is 144 g/mol. The van der Waals surface area contributed by atoms with Gasteiger partial charge < -0.3 is 0 Å². The fraction of sp³-hybridized carbons (Fsp3) is 1.00. The van der Waals surface area contributed by atoms with Crippen LogP contribution in [0.15, 0.2) is 0 Å². The Morgan fingerprint density at radius 2 is 1.57 bits per heavy atom. The summed E-state index contributed by atoms with van der Waals surface area (Å²) in [6.45, 7) is 1.73. The van der Waals surface area contributed by atoms with Crippen LogP contribution in [0.1, 0.15) is 0 Å². The second-order valence-corrected chi connectivity index (χ2v) is 5.18. The van der Waals surface area contributed by atoms with Gasteiger partial charge in [-0.25, -0.2) is 0 Å². The van der Waals surface area contributed by atoms with Crippen LogP contribution >= 0.6 is 18.3 Å². The summed E-state index contributed by atoms with van der Waals surface area (Å²) in [5.41, 5.74) is 0. The molecular weight excluding hydrogens is 134 g/mol. The minimum absolute atomic E-state index is 1.53. The van der Waals surface area contributed by atoms with E-state index in [1.54, 1.807) is 6.66 Å². The maximum absolute atomic E-state index is 5.57. The zero-order valence-corrected chi connectivity index (χ0v) is 6.29. The van der Waals surface area contributed by atoms with Gasteiger partial charge in [-0.3, -0.25) is 0 Å². The van der Waals surface area contributed by atoms with E-state index in [2.05, 4.69) is 0 Å². The van der Waals surface area contributed by atoms with Crippen molar-refractivity contribution in [2.75, 3.05) is 20.9 Å². The van der Waals surface area contributed by atoms with Crippen molar-refractivity contribution in [3.05, 3.63) is 0 Å². The minimum atomic E-state index is -1.93. The molecule has 0 aromatic heterocycles. The molecule has 0 spiro atoms. The van der Waals surface area contributed by atoms with Crippen LogP contribution in [0.5, 0.6) is 0 Å². The van der Waals surface area contributed by atoms with Gasteiger partial charge in [-0.1, -0.05) is 0 Å². The summed E-state index contributed by atoms with van der Waals surface area (Å²) in [4.78, 5) is 0. The van der Waals surface area contributed by atoms with Gasteiger partial charge in [-0.15, -0.1) is 0 Å². The first kappa shape index (κ1) is 7.64. The van der Waals surface area contributed by atoms with Gasteiger partial charge in [0.25, 0.3) is 0 Å². The molecule has 0 aliphatic heterocycles. The lowest BCUT2D eigenvalue weighted by molar-refractivity contribution is 0.338. The fourth-order valence-corrected chi connectivity index (χ4v) is 0.224. The lowest BCUT2D eigenvalue weighted by atomic mass is 11.8. The molecule has 0 N–H and O–H groups in total. The third kappa shape index (κ3) is 3.24. The molecule has 7 heavy (non-hydrogen) atoms. The summed E-state index contributed by atoms with van der Waals surface area (Å²) in [5, 5.41) is 0. The molecule has 0 aliphatic rings. The molecular formula is C3H9ClO2P+. The van der Waals surface area contributed by atoms with E-state index >= 15 is 0 Å². The van der Waals surface area contributed by atoms with Crippen molar-refractivity contribution < 1.29 is 9.05 Å². The van der Waals surface area contributed by atoms with E-state index < -0.39 is 7.07 Å². The minimum Gasteiger partial charge on any atom is -0.192 e. The molecule has 0 saturated heterocycles.